The summed E-state index contributed by atoms with van der Waals surface area (Å²) in [6, 6.07) is 9.05. The number of rotatable bonds is 7. The van der Waals surface area contributed by atoms with Crippen molar-refractivity contribution in [3.8, 4) is 5.88 Å². The molecule has 0 aliphatic heterocycles. The number of fused-ring (bicyclic) bond motifs is 1. The number of aryl methyl sites for hydroxylation is 1. The summed E-state index contributed by atoms with van der Waals surface area (Å²) in [6.45, 7) is 2.08. The normalized spacial score (nSPS) is 11.9. The van der Waals surface area contributed by atoms with Gasteiger partial charge in [0.25, 0.3) is 0 Å². The quantitative estimate of drug-likeness (QED) is 0.395. The number of carbonyl (C=O) groups is 1. The molecule has 0 saturated heterocycles. The Morgan fingerprint density at radius 3 is 2.97 bits per heavy atom. The van der Waals surface area contributed by atoms with Crippen molar-refractivity contribution in [1.29, 1.82) is 0 Å². The second-order valence-electron chi connectivity index (χ2n) is 6.52. The van der Waals surface area contributed by atoms with E-state index in [1.165, 1.54) is 29.0 Å². The highest BCUT2D eigenvalue weighted by atomic mass is 32.1. The number of hydrogen-bond acceptors (Lipinski definition) is 8. The third-order valence-corrected chi connectivity index (χ3v) is 6.24. The fourth-order valence-electron chi connectivity index (χ4n) is 2.79. The zero-order valence-electron chi connectivity index (χ0n) is 16.0. The highest BCUT2D eigenvalue weighted by Gasteiger charge is 2.18. The number of amides is 2. The average Bonchev–Trinajstić information content (AvgIpc) is 3.38. The van der Waals surface area contributed by atoms with Crippen molar-refractivity contribution in [1.82, 2.24) is 15.0 Å². The molecule has 0 spiro atoms. The van der Waals surface area contributed by atoms with Gasteiger partial charge < -0.3 is 15.2 Å². The lowest BCUT2D eigenvalue weighted by molar-refractivity contribution is 0.204. The summed E-state index contributed by atoms with van der Waals surface area (Å²) in [5, 5.41) is 17.7. The molecule has 30 heavy (non-hydrogen) atoms. The van der Waals surface area contributed by atoms with E-state index in [9.17, 15) is 9.90 Å². The van der Waals surface area contributed by atoms with Crippen LogP contribution in [0.25, 0.3) is 10.2 Å². The zero-order valence-corrected chi connectivity index (χ0v) is 17.7. The molecule has 0 bridgehead atoms. The van der Waals surface area contributed by atoms with Crippen LogP contribution in [0.15, 0.2) is 48.2 Å². The van der Waals surface area contributed by atoms with Crippen molar-refractivity contribution < 1.29 is 14.6 Å². The van der Waals surface area contributed by atoms with Crippen molar-refractivity contribution in [2.24, 2.45) is 0 Å². The smallest absolute Gasteiger partial charge is 0.325 e. The van der Waals surface area contributed by atoms with Gasteiger partial charge in [0.05, 0.1) is 24.6 Å². The van der Waals surface area contributed by atoms with E-state index in [0.717, 1.165) is 20.7 Å². The lowest BCUT2D eigenvalue weighted by Crippen LogP contribution is -2.19. The van der Waals surface area contributed by atoms with Gasteiger partial charge in [-0.1, -0.05) is 12.1 Å². The second-order valence-corrected chi connectivity index (χ2v) is 8.50. The molecule has 4 aromatic rings. The van der Waals surface area contributed by atoms with Gasteiger partial charge >= 0.3 is 6.03 Å². The van der Waals surface area contributed by atoms with E-state index in [1.54, 1.807) is 6.20 Å². The molecule has 3 N–H and O–H groups in total. The van der Waals surface area contributed by atoms with Gasteiger partial charge in [-0.2, -0.15) is 0 Å². The summed E-state index contributed by atoms with van der Waals surface area (Å²) in [7, 11) is 0. The molecule has 10 heteroatoms. The molecular weight excluding hydrogens is 422 g/mol. The summed E-state index contributed by atoms with van der Waals surface area (Å²) in [5.74, 6) is 0.205. The third kappa shape index (κ3) is 4.73. The molecule has 1 atom stereocenters. The van der Waals surface area contributed by atoms with E-state index >= 15 is 0 Å². The predicted octanol–water partition coefficient (Wildman–Crippen LogP) is 4.26. The van der Waals surface area contributed by atoms with Crippen LogP contribution in [-0.2, 0) is 0 Å². The van der Waals surface area contributed by atoms with Crippen LogP contribution in [0.3, 0.4) is 0 Å². The summed E-state index contributed by atoms with van der Waals surface area (Å²) in [6.07, 6.45) is 3.10. The van der Waals surface area contributed by atoms with Crippen molar-refractivity contribution in [2.45, 2.75) is 12.8 Å². The standard InChI is InChI=1S/C20H19N5O3S2/c1-12-3-2-4-14(7-12)24-19(27)25-20-21-8-16(30-20)13(9-26)10-28-18-17-15(5-6-29-17)22-11-23-18/h2-8,11,13,26H,9-10H2,1H3,(H2,21,24,25,27). The molecule has 1 unspecified atom stereocenters. The minimum Gasteiger partial charge on any atom is -0.476 e. The van der Waals surface area contributed by atoms with Gasteiger partial charge in [-0.25, -0.2) is 19.7 Å². The fourth-order valence-corrected chi connectivity index (χ4v) is 4.46. The number of carbonyl (C=O) groups excluding carboxylic acids is 1. The Morgan fingerprint density at radius 1 is 1.23 bits per heavy atom. The number of thiophene rings is 1. The molecule has 0 aliphatic carbocycles. The Morgan fingerprint density at radius 2 is 2.13 bits per heavy atom. The first-order chi connectivity index (χ1) is 14.6. The van der Waals surface area contributed by atoms with Gasteiger partial charge in [-0.15, -0.1) is 22.7 Å². The molecule has 4 rings (SSSR count). The number of hydrogen-bond donors (Lipinski definition) is 3. The largest absolute Gasteiger partial charge is 0.476 e. The van der Waals surface area contributed by atoms with E-state index in [-0.39, 0.29) is 25.2 Å². The van der Waals surface area contributed by atoms with Crippen LogP contribution in [0, 0.1) is 6.92 Å². The van der Waals surface area contributed by atoms with Crippen LogP contribution in [0.5, 0.6) is 5.88 Å². The first-order valence-electron chi connectivity index (χ1n) is 9.14. The number of aliphatic hydroxyl groups is 1. The number of aliphatic hydroxyl groups excluding tert-OH is 1. The van der Waals surface area contributed by atoms with Gasteiger partial charge in [0.1, 0.15) is 11.0 Å². The maximum absolute atomic E-state index is 12.2. The van der Waals surface area contributed by atoms with Crippen LogP contribution >= 0.6 is 22.7 Å². The molecule has 8 nitrogen and oxygen atoms in total. The average molecular weight is 442 g/mol. The Bertz CT molecular complexity index is 1160. The second kappa shape index (κ2) is 9.16. The predicted molar refractivity (Wildman–Crippen MR) is 119 cm³/mol. The monoisotopic (exact) mass is 441 g/mol. The fraction of sp³-hybridized carbons (Fsp3) is 0.200. The topological polar surface area (TPSA) is 109 Å². The Labute approximate surface area is 180 Å². The lowest BCUT2D eigenvalue weighted by Gasteiger charge is -2.13. The molecule has 0 fully saturated rings. The molecular formula is C20H19N5O3S2. The van der Waals surface area contributed by atoms with Gasteiger partial charge in [-0.3, -0.25) is 5.32 Å². The number of thiazole rings is 1. The highest BCUT2D eigenvalue weighted by molar-refractivity contribution is 7.17. The Kier molecular flexibility index (Phi) is 6.17. The Hall–Kier alpha value is -3.08. The maximum atomic E-state index is 12.2. The van der Waals surface area contributed by atoms with Crippen LogP contribution in [-0.4, -0.2) is 39.3 Å². The van der Waals surface area contributed by atoms with E-state index in [1.807, 2.05) is 42.6 Å². The van der Waals surface area contributed by atoms with Crippen LogP contribution in [0.2, 0.25) is 0 Å². The summed E-state index contributed by atoms with van der Waals surface area (Å²) in [5.41, 5.74) is 2.59. The van der Waals surface area contributed by atoms with Crippen LogP contribution in [0.1, 0.15) is 16.4 Å². The number of ether oxygens (including phenoxy) is 1. The van der Waals surface area contributed by atoms with E-state index in [4.69, 9.17) is 4.74 Å². The molecule has 0 aliphatic rings. The van der Waals surface area contributed by atoms with E-state index in [2.05, 4.69) is 25.6 Å². The zero-order chi connectivity index (χ0) is 20.9. The first kappa shape index (κ1) is 20.2. The third-order valence-electron chi connectivity index (χ3n) is 4.27. The first-order valence-corrected chi connectivity index (χ1v) is 10.8. The van der Waals surface area contributed by atoms with Crippen molar-refractivity contribution in [3.63, 3.8) is 0 Å². The lowest BCUT2D eigenvalue weighted by atomic mass is 10.1. The highest BCUT2D eigenvalue weighted by Crippen LogP contribution is 2.30. The summed E-state index contributed by atoms with van der Waals surface area (Å²) < 4.78 is 6.71. The van der Waals surface area contributed by atoms with Crippen LogP contribution in [0.4, 0.5) is 15.6 Å². The number of benzene rings is 1. The van der Waals surface area contributed by atoms with Gasteiger partial charge in [0.15, 0.2) is 5.13 Å². The Balaban J connectivity index is 1.37. The number of nitrogens with zero attached hydrogens (tertiary/aromatic N) is 3. The van der Waals surface area contributed by atoms with E-state index < -0.39 is 0 Å². The molecule has 3 heterocycles. The van der Waals surface area contributed by atoms with Gasteiger partial charge in [-0.05, 0) is 36.1 Å². The molecule has 3 aromatic heterocycles. The number of aromatic nitrogens is 3. The van der Waals surface area contributed by atoms with Crippen LogP contribution < -0.4 is 15.4 Å². The van der Waals surface area contributed by atoms with Crippen molar-refractivity contribution in [3.05, 3.63) is 58.7 Å². The summed E-state index contributed by atoms with van der Waals surface area (Å²) >= 11 is 2.80. The maximum Gasteiger partial charge on any atom is 0.325 e. The van der Waals surface area contributed by atoms with Gasteiger partial charge in [0, 0.05) is 16.8 Å². The van der Waals surface area contributed by atoms with Crippen molar-refractivity contribution in [2.75, 3.05) is 23.8 Å². The molecule has 0 saturated carbocycles. The van der Waals surface area contributed by atoms with Crippen molar-refractivity contribution >= 4 is 49.7 Å². The summed E-state index contributed by atoms with van der Waals surface area (Å²) in [4.78, 5) is 25.6. The minimum absolute atomic E-state index is 0.115. The molecule has 2 amide bonds. The number of urea groups is 1. The number of nitrogens with one attached hydrogen (secondary N) is 2. The molecule has 1 aromatic carbocycles. The molecule has 154 valence electrons. The number of anilines is 2. The van der Waals surface area contributed by atoms with Gasteiger partial charge in [0.2, 0.25) is 5.88 Å². The minimum atomic E-state index is -0.376. The SMILES string of the molecule is Cc1cccc(NC(=O)Nc2ncc(C(CO)COc3ncnc4ccsc34)s2)c1. The molecule has 0 radical (unpaired) electrons. The van der Waals surface area contributed by atoms with E-state index in [0.29, 0.717) is 16.7 Å².